The van der Waals surface area contributed by atoms with E-state index in [9.17, 15) is 18.0 Å². The van der Waals surface area contributed by atoms with Gasteiger partial charge in [0, 0.05) is 32.6 Å². The van der Waals surface area contributed by atoms with Gasteiger partial charge in [0.05, 0.1) is 19.3 Å². The molecule has 5 nitrogen and oxygen atoms in total. The quantitative estimate of drug-likeness (QED) is 0.745. The third-order valence-electron chi connectivity index (χ3n) is 2.78. The van der Waals surface area contributed by atoms with Crippen molar-refractivity contribution in [1.29, 1.82) is 5.26 Å². The van der Waals surface area contributed by atoms with Crippen LogP contribution in [0.2, 0.25) is 0 Å². The van der Waals surface area contributed by atoms with E-state index in [1.165, 1.54) is 6.07 Å². The average Bonchev–Trinajstić information content (AvgIpc) is 2.38. The Morgan fingerprint density at radius 2 is 2.05 bits per heavy atom. The van der Waals surface area contributed by atoms with Crippen LogP contribution in [0.15, 0.2) is 0 Å². The van der Waals surface area contributed by atoms with Crippen LogP contribution < -0.4 is 5.32 Å². The summed E-state index contributed by atoms with van der Waals surface area (Å²) in [6, 6.07) is 1.19. The van der Waals surface area contributed by atoms with Gasteiger partial charge in [0.15, 0.2) is 5.92 Å². The smallest absolute Gasteiger partial charge is 0.378 e. The van der Waals surface area contributed by atoms with E-state index < -0.39 is 18.6 Å². The van der Waals surface area contributed by atoms with Gasteiger partial charge in [0.25, 0.3) is 0 Å². The molecule has 1 N–H and O–H groups in total. The van der Waals surface area contributed by atoms with Crippen LogP contribution in [0.4, 0.5) is 13.2 Å². The minimum Gasteiger partial charge on any atom is -0.378 e. The second kappa shape index (κ2) is 7.31. The summed E-state index contributed by atoms with van der Waals surface area (Å²) in [5.74, 6) is -2.15. The number of alkyl halides is 3. The zero-order chi connectivity index (χ0) is 14.3. The SMILES string of the molecule is N#CC(CNCCC(=O)N1CCOCC1)C(F)(F)F. The number of halogens is 3. The van der Waals surface area contributed by atoms with Crippen LogP contribution in [0.3, 0.4) is 0 Å². The molecule has 8 heteroatoms. The summed E-state index contributed by atoms with van der Waals surface area (Å²) in [5, 5.41) is 10.9. The number of rotatable bonds is 5. The van der Waals surface area contributed by atoms with Gasteiger partial charge in [-0.2, -0.15) is 18.4 Å². The number of hydrogen-bond donors (Lipinski definition) is 1. The van der Waals surface area contributed by atoms with Gasteiger partial charge in [-0.05, 0) is 0 Å². The van der Waals surface area contributed by atoms with E-state index in [1.54, 1.807) is 4.90 Å². The predicted octanol–water partition coefficient (Wildman–Crippen LogP) is 0.527. The molecule has 0 aliphatic carbocycles. The number of amides is 1. The normalized spacial score (nSPS) is 17.9. The Morgan fingerprint density at radius 1 is 1.42 bits per heavy atom. The standard InChI is InChI=1S/C11H16F3N3O2/c12-11(13,14)9(7-15)8-16-2-1-10(18)17-3-5-19-6-4-17/h9,16H,1-6,8H2. The van der Waals surface area contributed by atoms with Crippen LogP contribution in [0.25, 0.3) is 0 Å². The van der Waals surface area contributed by atoms with Crippen molar-refractivity contribution in [2.45, 2.75) is 12.6 Å². The molecule has 1 aliphatic heterocycles. The van der Waals surface area contributed by atoms with Gasteiger partial charge in [0.2, 0.25) is 5.91 Å². The lowest BCUT2D eigenvalue weighted by atomic mass is 10.1. The summed E-state index contributed by atoms with van der Waals surface area (Å²) >= 11 is 0. The number of ether oxygens (including phenoxy) is 1. The molecule has 1 unspecified atom stereocenters. The van der Waals surface area contributed by atoms with E-state index in [4.69, 9.17) is 10.00 Å². The molecule has 1 amide bonds. The first-order valence-corrected chi connectivity index (χ1v) is 5.97. The van der Waals surface area contributed by atoms with Gasteiger partial charge in [-0.25, -0.2) is 0 Å². The first-order valence-electron chi connectivity index (χ1n) is 5.97. The summed E-state index contributed by atoms with van der Waals surface area (Å²) in [6.07, 6.45) is -4.41. The van der Waals surface area contributed by atoms with E-state index in [0.717, 1.165) is 0 Å². The van der Waals surface area contributed by atoms with Crippen LogP contribution in [0, 0.1) is 17.2 Å². The Balaban J connectivity index is 2.19. The number of nitrogens with one attached hydrogen (secondary N) is 1. The number of nitrogens with zero attached hydrogens (tertiary/aromatic N) is 2. The molecule has 0 saturated carbocycles. The van der Waals surface area contributed by atoms with Gasteiger partial charge in [-0.3, -0.25) is 4.79 Å². The van der Waals surface area contributed by atoms with Crippen molar-refractivity contribution in [2.24, 2.45) is 5.92 Å². The lowest BCUT2D eigenvalue weighted by molar-refractivity contribution is -0.157. The molecular formula is C11H16F3N3O2. The minimum absolute atomic E-state index is 0.115. The highest BCUT2D eigenvalue weighted by atomic mass is 19.4. The number of hydrogen-bond acceptors (Lipinski definition) is 4. The molecule has 0 bridgehead atoms. The van der Waals surface area contributed by atoms with Gasteiger partial charge in [-0.1, -0.05) is 0 Å². The van der Waals surface area contributed by atoms with Crippen LogP contribution in [0.1, 0.15) is 6.42 Å². The Kier molecular flexibility index (Phi) is 6.05. The largest absolute Gasteiger partial charge is 0.405 e. The van der Waals surface area contributed by atoms with E-state index in [-0.39, 0.29) is 18.9 Å². The van der Waals surface area contributed by atoms with Crippen LogP contribution in [0.5, 0.6) is 0 Å². The van der Waals surface area contributed by atoms with Crippen molar-refractivity contribution < 1.29 is 22.7 Å². The molecule has 1 saturated heterocycles. The van der Waals surface area contributed by atoms with Crippen molar-refractivity contribution in [3.8, 4) is 6.07 Å². The lowest BCUT2D eigenvalue weighted by Gasteiger charge is -2.27. The molecule has 0 aromatic rings. The summed E-state index contributed by atoms with van der Waals surface area (Å²) < 4.78 is 41.8. The fourth-order valence-corrected chi connectivity index (χ4v) is 1.65. The summed E-state index contributed by atoms with van der Waals surface area (Å²) in [5.41, 5.74) is 0. The molecule has 108 valence electrons. The average molecular weight is 279 g/mol. The molecule has 0 aromatic carbocycles. The Labute approximate surface area is 109 Å². The number of carbonyl (C=O) groups excluding carboxylic acids is 1. The highest BCUT2D eigenvalue weighted by Gasteiger charge is 2.39. The van der Waals surface area contributed by atoms with Gasteiger partial charge < -0.3 is 15.0 Å². The molecule has 0 spiro atoms. The highest BCUT2D eigenvalue weighted by Crippen LogP contribution is 2.24. The topological polar surface area (TPSA) is 65.4 Å². The van der Waals surface area contributed by atoms with E-state index in [1.807, 2.05) is 0 Å². The molecular weight excluding hydrogens is 263 g/mol. The highest BCUT2D eigenvalue weighted by molar-refractivity contribution is 5.76. The molecule has 1 atom stereocenters. The molecule has 19 heavy (non-hydrogen) atoms. The number of carbonyl (C=O) groups is 1. The second-order valence-corrected chi connectivity index (χ2v) is 4.17. The van der Waals surface area contributed by atoms with Crippen molar-refractivity contribution in [3.05, 3.63) is 0 Å². The fraction of sp³-hybridized carbons (Fsp3) is 0.818. The zero-order valence-electron chi connectivity index (χ0n) is 10.4. The Bertz CT molecular complexity index is 335. The third kappa shape index (κ3) is 5.44. The van der Waals surface area contributed by atoms with Crippen molar-refractivity contribution >= 4 is 5.91 Å². The van der Waals surface area contributed by atoms with Crippen LogP contribution >= 0.6 is 0 Å². The second-order valence-electron chi connectivity index (χ2n) is 4.17. The lowest BCUT2D eigenvalue weighted by Crippen LogP contribution is -2.42. The Morgan fingerprint density at radius 3 is 2.58 bits per heavy atom. The maximum Gasteiger partial charge on any atom is 0.405 e. The molecule has 0 aromatic heterocycles. The van der Waals surface area contributed by atoms with Gasteiger partial charge in [-0.15, -0.1) is 0 Å². The molecule has 1 aliphatic rings. The third-order valence-corrected chi connectivity index (χ3v) is 2.78. The van der Waals surface area contributed by atoms with E-state index >= 15 is 0 Å². The summed E-state index contributed by atoms with van der Waals surface area (Å²) in [6.45, 7) is 1.65. The van der Waals surface area contributed by atoms with Crippen LogP contribution in [-0.2, 0) is 9.53 Å². The Hall–Kier alpha value is -1.33. The maximum absolute atomic E-state index is 12.2. The zero-order valence-corrected chi connectivity index (χ0v) is 10.4. The van der Waals surface area contributed by atoms with Crippen molar-refractivity contribution in [2.75, 3.05) is 39.4 Å². The monoisotopic (exact) mass is 279 g/mol. The fourth-order valence-electron chi connectivity index (χ4n) is 1.65. The summed E-state index contributed by atoms with van der Waals surface area (Å²) in [4.78, 5) is 13.3. The molecule has 1 rings (SSSR count). The minimum atomic E-state index is -4.53. The first-order chi connectivity index (χ1) is 8.95. The van der Waals surface area contributed by atoms with Crippen molar-refractivity contribution in [3.63, 3.8) is 0 Å². The van der Waals surface area contributed by atoms with Gasteiger partial charge >= 0.3 is 6.18 Å². The molecule has 1 fully saturated rings. The number of nitriles is 1. The van der Waals surface area contributed by atoms with E-state index in [0.29, 0.717) is 26.3 Å². The van der Waals surface area contributed by atoms with E-state index in [2.05, 4.69) is 5.32 Å². The number of morpholine rings is 1. The molecule has 0 radical (unpaired) electrons. The van der Waals surface area contributed by atoms with Crippen molar-refractivity contribution in [1.82, 2.24) is 10.2 Å². The van der Waals surface area contributed by atoms with Crippen LogP contribution in [-0.4, -0.2) is 56.4 Å². The predicted molar refractivity (Wildman–Crippen MR) is 60.0 cm³/mol. The van der Waals surface area contributed by atoms with Gasteiger partial charge in [0.1, 0.15) is 0 Å². The maximum atomic E-state index is 12.2. The summed E-state index contributed by atoms with van der Waals surface area (Å²) in [7, 11) is 0. The molecule has 1 heterocycles. The first kappa shape index (κ1) is 15.7.